The molecule has 0 saturated carbocycles. The summed E-state index contributed by atoms with van der Waals surface area (Å²) < 4.78 is 1.09. The molecule has 2 aromatic carbocycles. The third kappa shape index (κ3) is 4.01. The van der Waals surface area contributed by atoms with Crippen molar-refractivity contribution in [1.29, 1.82) is 0 Å². The molecule has 2 amide bonds. The second kappa shape index (κ2) is 7.91. The minimum Gasteiger partial charge on any atom is -0.378 e. The van der Waals surface area contributed by atoms with Crippen LogP contribution in [0, 0.1) is 6.92 Å². The van der Waals surface area contributed by atoms with Crippen molar-refractivity contribution >= 4 is 28.3 Å². The standard InChI is InChI=1S/C20H21N5O3/c1-13-16-9-4-5-10-17(16)20(28)25(23-13)12-18(26)21-22-19(27)14-7-6-8-15(11-14)24(2)3/h4-11H,12H2,1-3H3,(H,21,26)(H,22,27). The van der Waals surface area contributed by atoms with E-state index < -0.39 is 11.8 Å². The Bertz CT molecular complexity index is 1100. The molecule has 8 nitrogen and oxygen atoms in total. The van der Waals surface area contributed by atoms with Crippen LogP contribution in [0.4, 0.5) is 5.69 Å². The Balaban J connectivity index is 1.69. The molecular weight excluding hydrogens is 358 g/mol. The van der Waals surface area contributed by atoms with E-state index in [9.17, 15) is 14.4 Å². The topological polar surface area (TPSA) is 96.3 Å². The maximum atomic E-state index is 12.5. The summed E-state index contributed by atoms with van der Waals surface area (Å²) in [7, 11) is 3.74. The lowest BCUT2D eigenvalue weighted by atomic mass is 10.1. The van der Waals surface area contributed by atoms with Crippen molar-refractivity contribution in [2.45, 2.75) is 13.5 Å². The molecule has 1 heterocycles. The van der Waals surface area contributed by atoms with Crippen LogP contribution in [0.2, 0.25) is 0 Å². The summed E-state index contributed by atoms with van der Waals surface area (Å²) >= 11 is 0. The quantitative estimate of drug-likeness (QED) is 0.665. The SMILES string of the molecule is Cc1nn(CC(=O)NNC(=O)c2cccc(N(C)C)c2)c(=O)c2ccccc12. The maximum Gasteiger partial charge on any atom is 0.275 e. The number of hydrogen-bond donors (Lipinski definition) is 2. The van der Waals surface area contributed by atoms with Gasteiger partial charge in [0.05, 0.1) is 11.1 Å². The highest BCUT2D eigenvalue weighted by Crippen LogP contribution is 2.13. The number of nitrogens with zero attached hydrogens (tertiary/aromatic N) is 3. The Labute approximate surface area is 161 Å². The van der Waals surface area contributed by atoms with E-state index in [0.717, 1.165) is 15.8 Å². The van der Waals surface area contributed by atoms with Gasteiger partial charge in [-0.15, -0.1) is 0 Å². The number of benzene rings is 2. The normalized spacial score (nSPS) is 10.5. The molecule has 8 heteroatoms. The molecule has 0 radical (unpaired) electrons. The Morgan fingerprint density at radius 3 is 2.46 bits per heavy atom. The number of aromatic nitrogens is 2. The summed E-state index contributed by atoms with van der Waals surface area (Å²) in [4.78, 5) is 38.8. The number of carbonyl (C=O) groups is 2. The molecule has 144 valence electrons. The van der Waals surface area contributed by atoms with Crippen LogP contribution in [0.3, 0.4) is 0 Å². The van der Waals surface area contributed by atoms with Crippen molar-refractivity contribution in [1.82, 2.24) is 20.6 Å². The van der Waals surface area contributed by atoms with Gasteiger partial charge in [-0.2, -0.15) is 5.10 Å². The molecule has 0 aliphatic heterocycles. The van der Waals surface area contributed by atoms with Crippen LogP contribution in [-0.2, 0) is 11.3 Å². The number of hydrogen-bond acceptors (Lipinski definition) is 5. The lowest BCUT2D eigenvalue weighted by Gasteiger charge is -2.14. The fraction of sp³-hybridized carbons (Fsp3) is 0.200. The zero-order valence-corrected chi connectivity index (χ0v) is 15.9. The zero-order chi connectivity index (χ0) is 20.3. The summed E-state index contributed by atoms with van der Waals surface area (Å²) in [6.07, 6.45) is 0. The summed E-state index contributed by atoms with van der Waals surface area (Å²) in [5, 5.41) is 5.42. The van der Waals surface area contributed by atoms with Gasteiger partial charge in [0.1, 0.15) is 6.54 Å². The van der Waals surface area contributed by atoms with Gasteiger partial charge < -0.3 is 4.90 Å². The molecule has 0 bridgehead atoms. The first-order valence-corrected chi connectivity index (χ1v) is 8.70. The Hall–Kier alpha value is -3.68. The van der Waals surface area contributed by atoms with Gasteiger partial charge in [-0.3, -0.25) is 25.2 Å². The average Bonchev–Trinajstić information content (AvgIpc) is 2.70. The van der Waals surface area contributed by atoms with Crippen molar-refractivity contribution in [2.24, 2.45) is 0 Å². The van der Waals surface area contributed by atoms with Crippen molar-refractivity contribution < 1.29 is 9.59 Å². The number of anilines is 1. The number of hydrazine groups is 1. The molecular formula is C20H21N5O3. The molecule has 1 aromatic heterocycles. The summed E-state index contributed by atoms with van der Waals surface area (Å²) in [6.45, 7) is 1.47. The molecule has 0 aliphatic carbocycles. The van der Waals surface area contributed by atoms with Gasteiger partial charge in [-0.1, -0.05) is 24.3 Å². The first kappa shape index (κ1) is 19.1. The highest BCUT2D eigenvalue weighted by atomic mass is 16.2. The predicted molar refractivity (Wildman–Crippen MR) is 107 cm³/mol. The van der Waals surface area contributed by atoms with E-state index in [2.05, 4.69) is 16.0 Å². The van der Waals surface area contributed by atoms with Crippen molar-refractivity contribution in [3.63, 3.8) is 0 Å². The lowest BCUT2D eigenvalue weighted by molar-refractivity contribution is -0.122. The highest BCUT2D eigenvalue weighted by molar-refractivity contribution is 5.96. The zero-order valence-electron chi connectivity index (χ0n) is 15.9. The number of nitrogens with one attached hydrogen (secondary N) is 2. The summed E-state index contributed by atoms with van der Waals surface area (Å²) in [5.74, 6) is -1.01. The van der Waals surface area contributed by atoms with Crippen molar-refractivity contribution in [3.8, 4) is 0 Å². The summed E-state index contributed by atoms with van der Waals surface area (Å²) in [5.41, 5.74) is 6.23. The minimum absolute atomic E-state index is 0.303. The van der Waals surface area contributed by atoms with E-state index in [0.29, 0.717) is 16.6 Å². The van der Waals surface area contributed by atoms with Gasteiger partial charge in [-0.25, -0.2) is 4.68 Å². The van der Waals surface area contributed by atoms with Crippen LogP contribution in [0.25, 0.3) is 10.8 Å². The minimum atomic E-state index is -0.554. The third-order valence-electron chi connectivity index (χ3n) is 4.29. The van der Waals surface area contributed by atoms with E-state index in [-0.39, 0.29) is 12.1 Å². The first-order valence-electron chi connectivity index (χ1n) is 8.70. The van der Waals surface area contributed by atoms with Crippen LogP contribution in [-0.4, -0.2) is 35.7 Å². The first-order chi connectivity index (χ1) is 13.4. The summed E-state index contributed by atoms with van der Waals surface area (Å²) in [6, 6.07) is 14.1. The molecule has 28 heavy (non-hydrogen) atoms. The van der Waals surface area contributed by atoms with Gasteiger partial charge in [0.25, 0.3) is 17.4 Å². The van der Waals surface area contributed by atoms with Gasteiger partial charge in [-0.05, 0) is 31.2 Å². The second-order valence-electron chi connectivity index (χ2n) is 6.54. The van der Waals surface area contributed by atoms with Crippen molar-refractivity contribution in [2.75, 3.05) is 19.0 Å². The van der Waals surface area contributed by atoms with E-state index in [1.54, 1.807) is 37.3 Å². The average molecular weight is 379 g/mol. The maximum absolute atomic E-state index is 12.5. The van der Waals surface area contributed by atoms with E-state index in [1.165, 1.54) is 0 Å². The fourth-order valence-electron chi connectivity index (χ4n) is 2.81. The molecule has 2 N–H and O–H groups in total. The second-order valence-corrected chi connectivity index (χ2v) is 6.54. The number of fused-ring (bicyclic) bond motifs is 1. The Kier molecular flexibility index (Phi) is 5.39. The van der Waals surface area contributed by atoms with Gasteiger partial charge in [0.15, 0.2) is 0 Å². The van der Waals surface area contributed by atoms with Gasteiger partial charge >= 0.3 is 0 Å². The molecule has 0 fully saturated rings. The molecule has 0 saturated heterocycles. The molecule has 0 atom stereocenters. The van der Waals surface area contributed by atoms with Gasteiger partial charge in [0.2, 0.25) is 0 Å². The van der Waals surface area contributed by atoms with Crippen molar-refractivity contribution in [3.05, 3.63) is 70.1 Å². The Morgan fingerprint density at radius 1 is 1.04 bits per heavy atom. The van der Waals surface area contributed by atoms with Crippen LogP contribution >= 0.6 is 0 Å². The van der Waals surface area contributed by atoms with Gasteiger partial charge in [0, 0.05) is 30.7 Å². The highest BCUT2D eigenvalue weighted by Gasteiger charge is 2.12. The fourth-order valence-corrected chi connectivity index (χ4v) is 2.81. The van der Waals surface area contributed by atoms with E-state index in [1.807, 2.05) is 37.2 Å². The van der Waals surface area contributed by atoms with E-state index in [4.69, 9.17) is 0 Å². The van der Waals surface area contributed by atoms with E-state index >= 15 is 0 Å². The number of carbonyl (C=O) groups excluding carboxylic acids is 2. The van der Waals surface area contributed by atoms with Crippen LogP contribution in [0.15, 0.2) is 53.3 Å². The number of aryl methyl sites for hydroxylation is 1. The molecule has 0 aliphatic rings. The predicted octanol–water partition coefficient (Wildman–Crippen LogP) is 1.23. The molecule has 0 spiro atoms. The van der Waals surface area contributed by atoms with Crippen LogP contribution in [0.5, 0.6) is 0 Å². The number of amides is 2. The number of rotatable bonds is 4. The largest absolute Gasteiger partial charge is 0.378 e. The van der Waals surface area contributed by atoms with Crippen LogP contribution < -0.4 is 21.3 Å². The molecule has 3 rings (SSSR count). The Morgan fingerprint density at radius 2 is 1.75 bits per heavy atom. The van der Waals surface area contributed by atoms with Crippen LogP contribution in [0.1, 0.15) is 16.1 Å². The molecule has 3 aromatic rings. The lowest BCUT2D eigenvalue weighted by Crippen LogP contribution is -2.44. The smallest absolute Gasteiger partial charge is 0.275 e. The third-order valence-corrected chi connectivity index (χ3v) is 4.29. The molecule has 0 unspecified atom stereocenters. The monoisotopic (exact) mass is 379 g/mol.